The van der Waals surface area contributed by atoms with Crippen LogP contribution >= 0.6 is 0 Å². The molecule has 1 aromatic carbocycles. The van der Waals surface area contributed by atoms with Crippen molar-refractivity contribution in [3.8, 4) is 11.5 Å². The van der Waals surface area contributed by atoms with E-state index in [9.17, 15) is 9.90 Å². The predicted octanol–water partition coefficient (Wildman–Crippen LogP) is 2.08. The molecule has 1 aliphatic carbocycles. The third-order valence-corrected chi connectivity index (χ3v) is 4.03. The fourth-order valence-electron chi connectivity index (χ4n) is 2.73. The molecule has 116 valence electrons. The Hall–Kier alpha value is -2.21. The minimum Gasteiger partial charge on any atom is -0.421 e. The quantitative estimate of drug-likeness (QED) is 0.902. The molecule has 1 aromatic heterocycles. The number of nitrogens with one attached hydrogen (secondary N) is 1. The highest BCUT2D eigenvalue weighted by atomic mass is 16.4. The number of amides is 1. The van der Waals surface area contributed by atoms with E-state index in [1.165, 1.54) is 0 Å². The molecule has 0 bridgehead atoms. The number of aliphatic hydroxyl groups is 1. The van der Waals surface area contributed by atoms with Gasteiger partial charge in [0.25, 0.3) is 5.91 Å². The summed E-state index contributed by atoms with van der Waals surface area (Å²) in [5.74, 6) is 0.750. The second-order valence-corrected chi connectivity index (χ2v) is 5.82. The van der Waals surface area contributed by atoms with Gasteiger partial charge in [0.2, 0.25) is 11.8 Å². The molecule has 1 fully saturated rings. The molecule has 22 heavy (non-hydrogen) atoms. The summed E-state index contributed by atoms with van der Waals surface area (Å²) in [6, 6.07) is 6.96. The first-order chi connectivity index (χ1) is 10.6. The average molecular weight is 301 g/mol. The van der Waals surface area contributed by atoms with E-state index in [4.69, 9.17) is 4.42 Å². The van der Waals surface area contributed by atoms with Gasteiger partial charge in [-0.2, -0.15) is 0 Å². The summed E-state index contributed by atoms with van der Waals surface area (Å²) in [5, 5.41) is 20.8. The summed E-state index contributed by atoms with van der Waals surface area (Å²) >= 11 is 0. The first kappa shape index (κ1) is 14.7. The van der Waals surface area contributed by atoms with E-state index < -0.39 is 5.60 Å². The SMILES string of the molecule is Cc1nnc(-c2ccc(C(=O)NCC3(O)CCCC3)cc2)o1. The molecule has 3 rings (SSSR count). The highest BCUT2D eigenvalue weighted by Crippen LogP contribution is 2.28. The summed E-state index contributed by atoms with van der Waals surface area (Å²) < 4.78 is 5.34. The second kappa shape index (κ2) is 5.88. The first-order valence-electron chi connectivity index (χ1n) is 7.47. The van der Waals surface area contributed by atoms with Crippen LogP contribution in [0, 0.1) is 6.92 Å². The van der Waals surface area contributed by atoms with Crippen molar-refractivity contribution in [2.45, 2.75) is 38.2 Å². The molecule has 6 heteroatoms. The van der Waals surface area contributed by atoms with Gasteiger partial charge in [0.15, 0.2) is 0 Å². The Morgan fingerprint density at radius 3 is 2.55 bits per heavy atom. The van der Waals surface area contributed by atoms with Gasteiger partial charge in [0.05, 0.1) is 5.60 Å². The van der Waals surface area contributed by atoms with Gasteiger partial charge in [-0.05, 0) is 37.1 Å². The number of carbonyl (C=O) groups is 1. The van der Waals surface area contributed by atoms with Crippen LogP contribution in [0.5, 0.6) is 0 Å². The molecule has 2 aromatic rings. The van der Waals surface area contributed by atoms with E-state index in [1.807, 2.05) is 0 Å². The van der Waals surface area contributed by atoms with Crippen molar-refractivity contribution in [2.24, 2.45) is 0 Å². The van der Waals surface area contributed by atoms with Crippen molar-refractivity contribution in [3.05, 3.63) is 35.7 Å². The second-order valence-electron chi connectivity index (χ2n) is 5.82. The molecule has 1 heterocycles. The lowest BCUT2D eigenvalue weighted by Gasteiger charge is -2.22. The van der Waals surface area contributed by atoms with Gasteiger partial charge in [0.1, 0.15) is 0 Å². The highest BCUT2D eigenvalue weighted by molar-refractivity contribution is 5.94. The van der Waals surface area contributed by atoms with Crippen LogP contribution in [0.2, 0.25) is 0 Å². The first-order valence-corrected chi connectivity index (χ1v) is 7.47. The molecule has 1 saturated carbocycles. The summed E-state index contributed by atoms with van der Waals surface area (Å²) in [4.78, 5) is 12.1. The third-order valence-electron chi connectivity index (χ3n) is 4.03. The highest BCUT2D eigenvalue weighted by Gasteiger charge is 2.31. The van der Waals surface area contributed by atoms with Gasteiger partial charge in [-0.15, -0.1) is 10.2 Å². The van der Waals surface area contributed by atoms with Crippen LogP contribution < -0.4 is 5.32 Å². The lowest BCUT2D eigenvalue weighted by atomic mass is 10.0. The summed E-state index contributed by atoms with van der Waals surface area (Å²) in [7, 11) is 0. The molecule has 0 radical (unpaired) electrons. The zero-order chi connectivity index (χ0) is 15.6. The largest absolute Gasteiger partial charge is 0.421 e. The molecule has 0 atom stereocenters. The summed E-state index contributed by atoms with van der Waals surface area (Å²) in [5.41, 5.74) is 0.574. The predicted molar refractivity (Wildman–Crippen MR) is 80.2 cm³/mol. The zero-order valence-electron chi connectivity index (χ0n) is 12.5. The van der Waals surface area contributed by atoms with Gasteiger partial charge in [-0.25, -0.2) is 0 Å². The molecule has 0 spiro atoms. The number of benzene rings is 1. The van der Waals surface area contributed by atoms with Crippen molar-refractivity contribution >= 4 is 5.91 Å². The van der Waals surface area contributed by atoms with Crippen molar-refractivity contribution in [1.29, 1.82) is 0 Å². The number of carbonyl (C=O) groups excluding carboxylic acids is 1. The van der Waals surface area contributed by atoms with E-state index in [2.05, 4.69) is 15.5 Å². The van der Waals surface area contributed by atoms with Crippen LogP contribution in [0.15, 0.2) is 28.7 Å². The van der Waals surface area contributed by atoms with Crippen molar-refractivity contribution < 1.29 is 14.3 Å². The number of aryl methyl sites for hydroxylation is 1. The maximum absolute atomic E-state index is 12.1. The van der Waals surface area contributed by atoms with Crippen LogP contribution in [0.25, 0.3) is 11.5 Å². The molecule has 0 aliphatic heterocycles. The van der Waals surface area contributed by atoms with Crippen molar-refractivity contribution in [2.75, 3.05) is 6.54 Å². The van der Waals surface area contributed by atoms with E-state index in [-0.39, 0.29) is 5.91 Å². The van der Waals surface area contributed by atoms with Crippen LogP contribution in [0.4, 0.5) is 0 Å². The minimum absolute atomic E-state index is 0.186. The summed E-state index contributed by atoms with van der Waals surface area (Å²) in [6.07, 6.45) is 3.54. The van der Waals surface area contributed by atoms with E-state index >= 15 is 0 Å². The van der Waals surface area contributed by atoms with E-state index in [0.717, 1.165) is 31.2 Å². The van der Waals surface area contributed by atoms with Gasteiger partial charge in [-0.3, -0.25) is 4.79 Å². The lowest BCUT2D eigenvalue weighted by molar-refractivity contribution is 0.0449. The molecule has 2 N–H and O–H groups in total. The molecule has 0 saturated heterocycles. The van der Waals surface area contributed by atoms with Gasteiger partial charge >= 0.3 is 0 Å². The normalized spacial score (nSPS) is 16.6. The van der Waals surface area contributed by atoms with Gasteiger partial charge in [0, 0.05) is 24.6 Å². The Kier molecular flexibility index (Phi) is 3.94. The standard InChI is InChI=1S/C16H19N3O3/c1-11-18-19-15(22-11)13-6-4-12(5-7-13)14(20)17-10-16(21)8-2-3-9-16/h4-7,21H,2-3,8-10H2,1H3,(H,17,20). The minimum atomic E-state index is -0.739. The fourth-order valence-corrected chi connectivity index (χ4v) is 2.73. The topological polar surface area (TPSA) is 88.2 Å². The fraction of sp³-hybridized carbons (Fsp3) is 0.438. The molecule has 1 aliphatic rings. The monoisotopic (exact) mass is 301 g/mol. The maximum atomic E-state index is 12.1. The molecule has 0 unspecified atom stereocenters. The van der Waals surface area contributed by atoms with Crippen molar-refractivity contribution in [3.63, 3.8) is 0 Å². The van der Waals surface area contributed by atoms with Gasteiger partial charge < -0.3 is 14.8 Å². The van der Waals surface area contributed by atoms with Crippen LogP contribution in [-0.2, 0) is 0 Å². The molecule has 6 nitrogen and oxygen atoms in total. The lowest BCUT2D eigenvalue weighted by Crippen LogP contribution is -2.40. The Morgan fingerprint density at radius 2 is 1.95 bits per heavy atom. The molecule has 1 amide bonds. The molecular weight excluding hydrogens is 282 g/mol. The molecular formula is C16H19N3O3. The van der Waals surface area contributed by atoms with Crippen LogP contribution in [0.1, 0.15) is 41.9 Å². The van der Waals surface area contributed by atoms with Crippen LogP contribution in [-0.4, -0.2) is 33.4 Å². The van der Waals surface area contributed by atoms with Gasteiger partial charge in [-0.1, -0.05) is 12.8 Å². The summed E-state index contributed by atoms with van der Waals surface area (Å²) in [6.45, 7) is 2.03. The van der Waals surface area contributed by atoms with E-state index in [1.54, 1.807) is 31.2 Å². The van der Waals surface area contributed by atoms with Crippen molar-refractivity contribution in [1.82, 2.24) is 15.5 Å². The number of rotatable bonds is 4. The van der Waals surface area contributed by atoms with Crippen LogP contribution in [0.3, 0.4) is 0 Å². The maximum Gasteiger partial charge on any atom is 0.251 e. The Morgan fingerprint density at radius 1 is 1.27 bits per heavy atom. The Balaban J connectivity index is 1.63. The number of nitrogens with zero attached hydrogens (tertiary/aromatic N) is 2. The zero-order valence-corrected chi connectivity index (χ0v) is 12.5. The number of hydrogen-bond donors (Lipinski definition) is 2. The third kappa shape index (κ3) is 3.17. The number of aromatic nitrogens is 2. The number of hydrogen-bond acceptors (Lipinski definition) is 5. The Bertz CT molecular complexity index is 658. The Labute approximate surface area is 128 Å². The smallest absolute Gasteiger partial charge is 0.251 e. The van der Waals surface area contributed by atoms with E-state index in [0.29, 0.717) is 23.9 Å². The average Bonchev–Trinajstić information content (AvgIpc) is 3.14.